The summed E-state index contributed by atoms with van der Waals surface area (Å²) < 4.78 is 14.1. The molecule has 0 aliphatic carbocycles. The highest BCUT2D eigenvalue weighted by molar-refractivity contribution is 6.99. The van der Waals surface area contributed by atoms with Crippen molar-refractivity contribution in [3.63, 3.8) is 0 Å². The minimum absolute atomic E-state index is 0.671. The van der Waals surface area contributed by atoms with E-state index in [1.165, 1.54) is 17.3 Å². The molecule has 22 heavy (non-hydrogen) atoms. The van der Waals surface area contributed by atoms with Gasteiger partial charge in [-0.3, -0.25) is 0 Å². The summed E-state index contributed by atoms with van der Waals surface area (Å²) in [6, 6.07) is 8.24. The molecular weight excluding hydrogens is 298 g/mol. The molecule has 0 fully saturated rings. The summed E-state index contributed by atoms with van der Waals surface area (Å²) in [5.74, 6) is 2.52. The third kappa shape index (κ3) is 5.16. The monoisotopic (exact) mass is 321 g/mol. The minimum atomic E-state index is 0.671. The standard InChI is InChI=1S/C15H23N5OS/c1-16-14-15(19-22-18-14)17-8-5-9-21-13-7-4-6-12(10-13)11-20(2)3/h4,6-7,10H,5,8-9,11H2,1-3H3,(H,16,18)(H,17,19). The van der Waals surface area contributed by atoms with E-state index in [0.717, 1.165) is 36.9 Å². The fourth-order valence-electron chi connectivity index (χ4n) is 2.04. The van der Waals surface area contributed by atoms with E-state index in [0.29, 0.717) is 6.61 Å². The molecule has 2 aromatic rings. The van der Waals surface area contributed by atoms with Gasteiger partial charge in [0.05, 0.1) is 18.3 Å². The molecule has 120 valence electrons. The highest BCUT2D eigenvalue weighted by Crippen LogP contribution is 2.17. The number of anilines is 2. The van der Waals surface area contributed by atoms with Gasteiger partial charge in [-0.05, 0) is 38.2 Å². The molecule has 0 bridgehead atoms. The first kappa shape index (κ1) is 16.5. The minimum Gasteiger partial charge on any atom is -0.494 e. The lowest BCUT2D eigenvalue weighted by molar-refractivity contribution is 0.314. The van der Waals surface area contributed by atoms with Crippen LogP contribution >= 0.6 is 11.7 Å². The topological polar surface area (TPSA) is 62.3 Å². The van der Waals surface area contributed by atoms with Crippen LogP contribution < -0.4 is 15.4 Å². The van der Waals surface area contributed by atoms with Crippen LogP contribution in [-0.2, 0) is 6.54 Å². The first-order valence-corrected chi connectivity index (χ1v) is 8.02. The average molecular weight is 321 g/mol. The van der Waals surface area contributed by atoms with Gasteiger partial charge >= 0.3 is 0 Å². The van der Waals surface area contributed by atoms with Crippen molar-refractivity contribution in [3.05, 3.63) is 29.8 Å². The second kappa shape index (κ2) is 8.55. The lowest BCUT2D eigenvalue weighted by atomic mass is 10.2. The molecular formula is C15H23N5OS. The Hall–Kier alpha value is -1.86. The Kier molecular flexibility index (Phi) is 6.42. The van der Waals surface area contributed by atoms with E-state index in [-0.39, 0.29) is 0 Å². The predicted molar refractivity (Wildman–Crippen MR) is 91.9 cm³/mol. The number of rotatable bonds is 9. The van der Waals surface area contributed by atoms with E-state index in [9.17, 15) is 0 Å². The summed E-state index contributed by atoms with van der Waals surface area (Å²) in [6.45, 7) is 2.39. The summed E-state index contributed by atoms with van der Waals surface area (Å²) in [5, 5.41) is 6.26. The normalized spacial score (nSPS) is 10.7. The molecule has 0 saturated heterocycles. The maximum atomic E-state index is 5.80. The van der Waals surface area contributed by atoms with Gasteiger partial charge in [-0.2, -0.15) is 8.75 Å². The van der Waals surface area contributed by atoms with Crippen LogP contribution in [0.15, 0.2) is 24.3 Å². The molecule has 1 heterocycles. The Morgan fingerprint density at radius 2 is 2.05 bits per heavy atom. The van der Waals surface area contributed by atoms with E-state index in [1.54, 1.807) is 0 Å². The van der Waals surface area contributed by atoms with E-state index >= 15 is 0 Å². The van der Waals surface area contributed by atoms with Crippen LogP contribution in [0.2, 0.25) is 0 Å². The number of nitrogens with one attached hydrogen (secondary N) is 2. The molecule has 0 aliphatic rings. The van der Waals surface area contributed by atoms with Crippen molar-refractivity contribution >= 4 is 23.4 Å². The molecule has 1 aromatic heterocycles. The Labute approximate surface area is 135 Å². The van der Waals surface area contributed by atoms with Crippen molar-refractivity contribution in [2.24, 2.45) is 0 Å². The Morgan fingerprint density at radius 1 is 1.23 bits per heavy atom. The first-order chi connectivity index (χ1) is 10.7. The Bertz CT molecular complexity index is 573. The molecule has 6 nitrogen and oxygen atoms in total. The fourth-order valence-corrected chi connectivity index (χ4v) is 2.57. The zero-order valence-corrected chi connectivity index (χ0v) is 14.1. The summed E-state index contributed by atoms with van der Waals surface area (Å²) in [6.07, 6.45) is 0.901. The quantitative estimate of drug-likeness (QED) is 0.692. The van der Waals surface area contributed by atoms with Gasteiger partial charge < -0.3 is 20.3 Å². The molecule has 0 aliphatic heterocycles. The number of aromatic nitrogens is 2. The number of nitrogens with zero attached hydrogens (tertiary/aromatic N) is 3. The predicted octanol–water partition coefficient (Wildman–Crippen LogP) is 2.52. The zero-order valence-electron chi connectivity index (χ0n) is 13.3. The highest BCUT2D eigenvalue weighted by Gasteiger charge is 2.04. The first-order valence-electron chi connectivity index (χ1n) is 7.29. The van der Waals surface area contributed by atoms with Crippen LogP contribution in [0.1, 0.15) is 12.0 Å². The largest absolute Gasteiger partial charge is 0.494 e. The van der Waals surface area contributed by atoms with Crippen LogP contribution in [0.3, 0.4) is 0 Å². The van der Waals surface area contributed by atoms with Gasteiger partial charge in [-0.25, -0.2) is 0 Å². The van der Waals surface area contributed by atoms with Crippen LogP contribution in [0, 0.1) is 0 Å². The summed E-state index contributed by atoms with van der Waals surface area (Å²) >= 11 is 1.20. The second-order valence-corrected chi connectivity index (χ2v) is 5.75. The number of hydrogen-bond donors (Lipinski definition) is 2. The van der Waals surface area contributed by atoms with Crippen LogP contribution in [0.25, 0.3) is 0 Å². The summed E-state index contributed by atoms with van der Waals surface area (Å²) in [5.41, 5.74) is 1.26. The third-order valence-corrected chi connectivity index (χ3v) is 3.53. The van der Waals surface area contributed by atoms with Gasteiger partial charge in [0.2, 0.25) is 0 Å². The highest BCUT2D eigenvalue weighted by atomic mass is 32.1. The Balaban J connectivity index is 1.70. The summed E-state index contributed by atoms with van der Waals surface area (Å²) in [7, 11) is 5.96. The van der Waals surface area contributed by atoms with E-state index in [4.69, 9.17) is 4.74 Å². The van der Waals surface area contributed by atoms with Crippen molar-refractivity contribution in [1.82, 2.24) is 13.6 Å². The van der Waals surface area contributed by atoms with Crippen molar-refractivity contribution in [2.75, 3.05) is 44.9 Å². The van der Waals surface area contributed by atoms with E-state index in [1.807, 2.05) is 19.2 Å². The van der Waals surface area contributed by atoms with Crippen molar-refractivity contribution in [1.29, 1.82) is 0 Å². The molecule has 2 N–H and O–H groups in total. The smallest absolute Gasteiger partial charge is 0.184 e. The molecule has 0 radical (unpaired) electrons. The summed E-state index contributed by atoms with van der Waals surface area (Å²) in [4.78, 5) is 2.14. The van der Waals surface area contributed by atoms with Gasteiger partial charge in [-0.1, -0.05) is 12.1 Å². The maximum Gasteiger partial charge on any atom is 0.184 e. The molecule has 7 heteroatoms. The molecule has 0 unspecified atom stereocenters. The fraction of sp³-hybridized carbons (Fsp3) is 0.467. The lowest BCUT2D eigenvalue weighted by Gasteiger charge is -2.12. The Morgan fingerprint density at radius 3 is 2.82 bits per heavy atom. The van der Waals surface area contributed by atoms with Gasteiger partial charge in [0, 0.05) is 20.1 Å². The van der Waals surface area contributed by atoms with Crippen molar-refractivity contribution in [3.8, 4) is 5.75 Å². The van der Waals surface area contributed by atoms with Crippen LogP contribution in [-0.4, -0.2) is 47.9 Å². The van der Waals surface area contributed by atoms with Gasteiger partial charge in [0.15, 0.2) is 11.6 Å². The van der Waals surface area contributed by atoms with Crippen molar-refractivity contribution in [2.45, 2.75) is 13.0 Å². The van der Waals surface area contributed by atoms with Gasteiger partial charge in [0.1, 0.15) is 5.75 Å². The third-order valence-electron chi connectivity index (χ3n) is 3.00. The molecule has 0 amide bonds. The second-order valence-electron chi connectivity index (χ2n) is 5.23. The van der Waals surface area contributed by atoms with E-state index < -0.39 is 0 Å². The van der Waals surface area contributed by atoms with Crippen LogP contribution in [0.5, 0.6) is 5.75 Å². The van der Waals surface area contributed by atoms with Crippen LogP contribution in [0.4, 0.5) is 11.6 Å². The lowest BCUT2D eigenvalue weighted by Crippen LogP contribution is -2.11. The van der Waals surface area contributed by atoms with Crippen molar-refractivity contribution < 1.29 is 4.74 Å². The van der Waals surface area contributed by atoms with E-state index in [2.05, 4.69) is 50.5 Å². The van der Waals surface area contributed by atoms with Gasteiger partial charge in [-0.15, -0.1) is 0 Å². The SMILES string of the molecule is CNc1nsnc1NCCCOc1cccc(CN(C)C)c1. The molecule has 0 spiro atoms. The zero-order chi connectivity index (χ0) is 15.8. The molecule has 0 atom stereocenters. The molecule has 0 saturated carbocycles. The maximum absolute atomic E-state index is 5.80. The number of ether oxygens (including phenoxy) is 1. The molecule has 2 rings (SSSR count). The number of benzene rings is 1. The number of hydrogen-bond acceptors (Lipinski definition) is 7. The van der Waals surface area contributed by atoms with Gasteiger partial charge in [0.25, 0.3) is 0 Å². The molecule has 1 aromatic carbocycles. The average Bonchev–Trinajstić information content (AvgIpc) is 2.94.